The highest BCUT2D eigenvalue weighted by Crippen LogP contribution is 2.44. The first kappa shape index (κ1) is 13.2. The molecule has 4 heteroatoms. The Hall–Kier alpha value is -1.84. The zero-order valence-corrected chi connectivity index (χ0v) is 11.8. The van der Waals surface area contributed by atoms with Crippen molar-refractivity contribution >= 4 is 11.8 Å². The summed E-state index contributed by atoms with van der Waals surface area (Å²) in [5.41, 5.74) is 0.550. The molecule has 106 valence electrons. The Labute approximate surface area is 119 Å². The zero-order valence-electron chi connectivity index (χ0n) is 11.8. The van der Waals surface area contributed by atoms with Gasteiger partial charge in [0.05, 0.1) is 6.54 Å². The third kappa shape index (κ3) is 2.19. The topological polar surface area (TPSA) is 49.4 Å². The average molecular weight is 272 g/mol. The maximum atomic E-state index is 12.3. The molecule has 1 atom stereocenters. The highest BCUT2D eigenvalue weighted by Gasteiger charge is 2.54. The first-order valence-electron chi connectivity index (χ1n) is 7.25. The summed E-state index contributed by atoms with van der Waals surface area (Å²) in [5.74, 6) is 0.366. The minimum absolute atomic E-state index is 0.00709. The normalized spacial score (nSPS) is 26.6. The van der Waals surface area contributed by atoms with Gasteiger partial charge in [0, 0.05) is 6.54 Å². The fourth-order valence-electron chi connectivity index (χ4n) is 3.11. The molecule has 1 heterocycles. The predicted octanol–water partition coefficient (Wildman–Crippen LogP) is 1.36. The van der Waals surface area contributed by atoms with E-state index < -0.39 is 5.54 Å². The highest BCUT2D eigenvalue weighted by molar-refractivity contribution is 5.98. The van der Waals surface area contributed by atoms with Crippen LogP contribution in [0.2, 0.25) is 0 Å². The number of hydrogen-bond donors (Lipinski definition) is 1. The Morgan fingerprint density at radius 1 is 1.25 bits per heavy atom. The molecule has 1 aliphatic heterocycles. The number of benzene rings is 1. The maximum Gasteiger partial charge on any atom is 0.246 e. The summed E-state index contributed by atoms with van der Waals surface area (Å²) >= 11 is 0. The van der Waals surface area contributed by atoms with E-state index in [1.54, 1.807) is 4.90 Å². The van der Waals surface area contributed by atoms with Crippen LogP contribution in [0.15, 0.2) is 30.3 Å². The van der Waals surface area contributed by atoms with Crippen LogP contribution in [0.5, 0.6) is 0 Å². The Kier molecular flexibility index (Phi) is 3.24. The van der Waals surface area contributed by atoms with Crippen molar-refractivity contribution in [3.63, 3.8) is 0 Å². The zero-order chi connectivity index (χ0) is 14.2. The van der Waals surface area contributed by atoms with Gasteiger partial charge in [-0.2, -0.15) is 0 Å². The lowest BCUT2D eigenvalue weighted by molar-refractivity contribution is -0.154. The third-order valence-electron chi connectivity index (χ3n) is 4.56. The molecule has 1 aromatic rings. The Balaban J connectivity index is 1.77. The highest BCUT2D eigenvalue weighted by atomic mass is 16.2. The maximum absolute atomic E-state index is 12.3. The molecule has 1 aromatic carbocycles. The largest absolute Gasteiger partial charge is 0.345 e. The molecule has 1 saturated heterocycles. The third-order valence-corrected chi connectivity index (χ3v) is 4.56. The fraction of sp³-hybridized carbons (Fsp3) is 0.500. The molecule has 1 aliphatic carbocycles. The van der Waals surface area contributed by atoms with Crippen LogP contribution < -0.4 is 5.32 Å². The van der Waals surface area contributed by atoms with Crippen LogP contribution in [0.3, 0.4) is 0 Å². The fourth-order valence-corrected chi connectivity index (χ4v) is 3.11. The van der Waals surface area contributed by atoms with Gasteiger partial charge in [-0.15, -0.1) is 0 Å². The minimum atomic E-state index is -0.649. The number of carbonyl (C=O) groups excluding carboxylic acids is 2. The molecular weight excluding hydrogens is 252 g/mol. The van der Waals surface area contributed by atoms with Crippen molar-refractivity contribution in [3.05, 3.63) is 35.9 Å². The molecule has 2 fully saturated rings. The molecule has 2 amide bonds. The van der Waals surface area contributed by atoms with E-state index in [0.29, 0.717) is 12.5 Å². The quantitative estimate of drug-likeness (QED) is 0.899. The van der Waals surface area contributed by atoms with Crippen molar-refractivity contribution in [1.82, 2.24) is 10.2 Å². The van der Waals surface area contributed by atoms with Gasteiger partial charge >= 0.3 is 0 Å². The number of rotatable bonds is 4. The number of nitrogens with zero attached hydrogens (tertiary/aromatic N) is 1. The van der Waals surface area contributed by atoms with Crippen molar-refractivity contribution in [2.24, 2.45) is 5.92 Å². The Morgan fingerprint density at radius 3 is 2.60 bits per heavy atom. The van der Waals surface area contributed by atoms with Crippen LogP contribution >= 0.6 is 0 Å². The smallest absolute Gasteiger partial charge is 0.246 e. The van der Waals surface area contributed by atoms with E-state index in [1.807, 2.05) is 25.1 Å². The van der Waals surface area contributed by atoms with E-state index >= 15 is 0 Å². The summed E-state index contributed by atoms with van der Waals surface area (Å²) < 4.78 is 0. The Bertz CT molecular complexity index is 525. The summed E-state index contributed by atoms with van der Waals surface area (Å²) in [4.78, 5) is 26.3. The number of carbonyl (C=O) groups is 2. The van der Waals surface area contributed by atoms with Crippen LogP contribution in [0.1, 0.15) is 25.3 Å². The van der Waals surface area contributed by atoms with E-state index in [0.717, 1.165) is 19.3 Å². The second-order valence-corrected chi connectivity index (χ2v) is 5.89. The van der Waals surface area contributed by atoms with Crippen molar-refractivity contribution in [2.45, 2.75) is 31.7 Å². The van der Waals surface area contributed by atoms with E-state index in [4.69, 9.17) is 0 Å². The molecule has 1 N–H and O–H groups in total. The van der Waals surface area contributed by atoms with Gasteiger partial charge in [0.25, 0.3) is 0 Å². The van der Waals surface area contributed by atoms with Crippen LogP contribution in [0, 0.1) is 5.92 Å². The van der Waals surface area contributed by atoms with Crippen LogP contribution in [-0.2, 0) is 16.0 Å². The van der Waals surface area contributed by atoms with Gasteiger partial charge in [-0.1, -0.05) is 30.3 Å². The van der Waals surface area contributed by atoms with Crippen molar-refractivity contribution in [1.29, 1.82) is 0 Å². The van der Waals surface area contributed by atoms with Gasteiger partial charge in [-0.25, -0.2) is 0 Å². The summed E-state index contributed by atoms with van der Waals surface area (Å²) in [6, 6.07) is 10.1. The van der Waals surface area contributed by atoms with Crippen LogP contribution in [0.4, 0.5) is 0 Å². The SMILES string of the molecule is CC1(C2CC2)C(=O)NCC(=O)N1CCc1ccccc1. The van der Waals surface area contributed by atoms with E-state index in [9.17, 15) is 9.59 Å². The predicted molar refractivity (Wildman–Crippen MR) is 76.0 cm³/mol. The number of nitrogens with one attached hydrogen (secondary N) is 1. The molecule has 3 rings (SSSR count). The second kappa shape index (κ2) is 4.93. The molecule has 0 spiro atoms. The monoisotopic (exact) mass is 272 g/mol. The van der Waals surface area contributed by atoms with Gasteiger partial charge in [0.15, 0.2) is 0 Å². The van der Waals surface area contributed by atoms with Gasteiger partial charge in [-0.05, 0) is 37.7 Å². The van der Waals surface area contributed by atoms with Gasteiger partial charge in [0.2, 0.25) is 11.8 Å². The van der Waals surface area contributed by atoms with Crippen molar-refractivity contribution in [2.75, 3.05) is 13.1 Å². The van der Waals surface area contributed by atoms with Crippen LogP contribution in [-0.4, -0.2) is 35.3 Å². The lowest BCUT2D eigenvalue weighted by atomic mass is 9.89. The lowest BCUT2D eigenvalue weighted by Crippen LogP contribution is -2.67. The van der Waals surface area contributed by atoms with Crippen molar-refractivity contribution < 1.29 is 9.59 Å². The molecule has 0 bridgehead atoms. The minimum Gasteiger partial charge on any atom is -0.345 e. The first-order chi connectivity index (χ1) is 9.62. The number of amides is 2. The Morgan fingerprint density at radius 2 is 1.95 bits per heavy atom. The van der Waals surface area contributed by atoms with Gasteiger partial charge in [0.1, 0.15) is 5.54 Å². The molecule has 0 radical (unpaired) electrons. The molecule has 2 aliphatic rings. The first-order valence-corrected chi connectivity index (χ1v) is 7.25. The number of hydrogen-bond acceptors (Lipinski definition) is 2. The van der Waals surface area contributed by atoms with E-state index in [-0.39, 0.29) is 18.4 Å². The number of piperazine rings is 1. The molecule has 20 heavy (non-hydrogen) atoms. The molecule has 0 aromatic heterocycles. The lowest BCUT2D eigenvalue weighted by Gasteiger charge is -2.44. The molecule has 4 nitrogen and oxygen atoms in total. The standard InChI is InChI=1S/C16H20N2O2/c1-16(13-7-8-13)15(20)17-11-14(19)18(16)10-9-12-5-3-2-4-6-12/h2-6,13H,7-11H2,1H3,(H,17,20). The molecule has 1 unspecified atom stereocenters. The van der Waals surface area contributed by atoms with Gasteiger partial charge in [-0.3, -0.25) is 9.59 Å². The molecule has 1 saturated carbocycles. The van der Waals surface area contributed by atoms with Crippen LogP contribution in [0.25, 0.3) is 0 Å². The summed E-state index contributed by atoms with van der Waals surface area (Å²) in [5, 5.41) is 2.74. The van der Waals surface area contributed by atoms with Gasteiger partial charge < -0.3 is 10.2 Å². The average Bonchev–Trinajstić information content (AvgIpc) is 3.29. The molecular formula is C16H20N2O2. The summed E-state index contributed by atoms with van der Waals surface area (Å²) in [6.07, 6.45) is 2.88. The van der Waals surface area contributed by atoms with E-state index in [1.165, 1.54) is 5.56 Å². The van der Waals surface area contributed by atoms with E-state index in [2.05, 4.69) is 17.4 Å². The second-order valence-electron chi connectivity index (χ2n) is 5.89. The summed E-state index contributed by atoms with van der Waals surface area (Å²) in [6.45, 7) is 2.67. The van der Waals surface area contributed by atoms with Crippen molar-refractivity contribution in [3.8, 4) is 0 Å². The summed E-state index contributed by atoms with van der Waals surface area (Å²) in [7, 11) is 0.